The molecular formula is C48H42N4. The van der Waals surface area contributed by atoms with Crippen molar-refractivity contribution in [3.05, 3.63) is 148 Å². The fourth-order valence-corrected chi connectivity index (χ4v) is 8.08. The van der Waals surface area contributed by atoms with Gasteiger partial charge in [-0.05, 0) is 89.4 Å². The van der Waals surface area contributed by atoms with E-state index in [1.165, 1.54) is 21.9 Å². The number of rotatable bonds is 3. The van der Waals surface area contributed by atoms with E-state index in [4.69, 9.17) is 6.57 Å². The third-order valence-electron chi connectivity index (χ3n) is 10.7. The van der Waals surface area contributed by atoms with Gasteiger partial charge in [-0.2, -0.15) is 5.26 Å². The summed E-state index contributed by atoms with van der Waals surface area (Å²) in [6.07, 6.45) is 0. The summed E-state index contributed by atoms with van der Waals surface area (Å²) < 4.78 is 4.74. The first-order valence-corrected chi connectivity index (χ1v) is 18.0. The van der Waals surface area contributed by atoms with Gasteiger partial charge in [0, 0.05) is 38.2 Å². The molecule has 0 fully saturated rings. The molecule has 8 aromatic rings. The molecule has 0 saturated heterocycles. The molecular weight excluding hydrogens is 633 g/mol. The molecule has 8 rings (SSSR count). The van der Waals surface area contributed by atoms with Crippen LogP contribution in [0.3, 0.4) is 0 Å². The number of fused-ring (bicyclic) bond motifs is 6. The van der Waals surface area contributed by atoms with Crippen LogP contribution in [0.1, 0.15) is 69.4 Å². The molecule has 0 saturated carbocycles. The molecule has 0 aliphatic carbocycles. The molecule has 0 bridgehead atoms. The van der Waals surface area contributed by atoms with Crippen molar-refractivity contribution in [2.45, 2.75) is 66.2 Å². The molecule has 4 nitrogen and oxygen atoms in total. The highest BCUT2D eigenvalue weighted by molar-refractivity contribution is 6.18. The summed E-state index contributed by atoms with van der Waals surface area (Å²) in [5, 5.41) is 15.3. The summed E-state index contributed by atoms with van der Waals surface area (Å²) in [6, 6.07) is 41.1. The Balaban J connectivity index is 1.65. The fourth-order valence-electron chi connectivity index (χ4n) is 8.08. The van der Waals surface area contributed by atoms with Gasteiger partial charge >= 0.3 is 0 Å². The number of hydrogen-bond donors (Lipinski definition) is 0. The van der Waals surface area contributed by atoms with Crippen LogP contribution in [0.4, 0.5) is 5.69 Å². The van der Waals surface area contributed by atoms with Crippen molar-refractivity contribution in [1.82, 2.24) is 9.13 Å². The van der Waals surface area contributed by atoms with Crippen LogP contribution in [0.25, 0.3) is 71.0 Å². The number of aryl methyl sites for hydroxylation is 2. The Morgan fingerprint density at radius 3 is 1.73 bits per heavy atom. The first-order valence-electron chi connectivity index (χ1n) is 18.0. The highest BCUT2D eigenvalue weighted by Crippen LogP contribution is 2.48. The summed E-state index contributed by atoms with van der Waals surface area (Å²) >= 11 is 0. The molecule has 2 aromatic heterocycles. The molecule has 2 heterocycles. The highest BCUT2D eigenvalue weighted by atomic mass is 15.0. The van der Waals surface area contributed by atoms with Gasteiger partial charge in [-0.25, -0.2) is 4.85 Å². The lowest BCUT2D eigenvalue weighted by molar-refractivity contribution is 0.590. The second-order valence-corrected chi connectivity index (χ2v) is 16.2. The highest BCUT2D eigenvalue weighted by Gasteiger charge is 2.27. The molecule has 0 spiro atoms. The van der Waals surface area contributed by atoms with E-state index in [1.54, 1.807) is 0 Å². The number of benzene rings is 6. The van der Waals surface area contributed by atoms with E-state index in [9.17, 15) is 5.26 Å². The predicted molar refractivity (Wildman–Crippen MR) is 218 cm³/mol. The number of nitriles is 1. The molecule has 254 valence electrons. The number of aromatic nitrogens is 2. The second kappa shape index (κ2) is 11.7. The standard InChI is InChI=1S/C48H42N4/c1-29-14-12-15-30(2)45(29)52-39-19-11-10-17-34(39)35-22-25-42(44(46(35)52)43-31(28-49)16-13-18-38(43)50-9)51-40-23-20-32(47(3,4)5)26-36(40)37-27-33(48(6,7)8)21-24-41(37)51/h10-27H,1-8H3. The summed E-state index contributed by atoms with van der Waals surface area (Å²) in [7, 11) is 0. The molecule has 0 radical (unpaired) electrons. The minimum atomic E-state index is -0.0308. The van der Waals surface area contributed by atoms with Crippen molar-refractivity contribution in [3.63, 3.8) is 0 Å². The molecule has 52 heavy (non-hydrogen) atoms. The van der Waals surface area contributed by atoms with Gasteiger partial charge in [-0.1, -0.05) is 108 Å². The van der Waals surface area contributed by atoms with Crippen molar-refractivity contribution < 1.29 is 0 Å². The third kappa shape index (κ3) is 4.94. The minimum Gasteiger partial charge on any atom is -0.309 e. The molecule has 0 atom stereocenters. The molecule has 0 N–H and O–H groups in total. The summed E-state index contributed by atoms with van der Waals surface area (Å²) in [4.78, 5) is 4.06. The molecule has 0 aliphatic heterocycles. The Morgan fingerprint density at radius 2 is 1.15 bits per heavy atom. The van der Waals surface area contributed by atoms with Crippen LogP contribution in [0, 0.1) is 31.8 Å². The summed E-state index contributed by atoms with van der Waals surface area (Å²) in [6.45, 7) is 26.3. The third-order valence-corrected chi connectivity index (χ3v) is 10.7. The van der Waals surface area contributed by atoms with Crippen molar-refractivity contribution in [2.24, 2.45) is 0 Å². The van der Waals surface area contributed by atoms with Crippen LogP contribution in [-0.4, -0.2) is 9.13 Å². The van der Waals surface area contributed by atoms with Crippen LogP contribution in [0.2, 0.25) is 0 Å². The zero-order chi connectivity index (χ0) is 36.7. The summed E-state index contributed by atoms with van der Waals surface area (Å²) in [5.74, 6) is 0. The van der Waals surface area contributed by atoms with Gasteiger partial charge in [0.15, 0.2) is 5.69 Å². The lowest BCUT2D eigenvalue weighted by Crippen LogP contribution is -2.10. The van der Waals surface area contributed by atoms with E-state index in [-0.39, 0.29) is 10.8 Å². The molecule has 0 aliphatic rings. The van der Waals surface area contributed by atoms with Crippen LogP contribution in [0.15, 0.2) is 109 Å². The zero-order valence-corrected chi connectivity index (χ0v) is 31.2. The van der Waals surface area contributed by atoms with Gasteiger partial charge in [0.2, 0.25) is 0 Å². The Hall–Kier alpha value is -6.10. The van der Waals surface area contributed by atoms with E-state index in [0.717, 1.165) is 60.9 Å². The first kappa shape index (κ1) is 33.1. The second-order valence-electron chi connectivity index (χ2n) is 16.2. The van der Waals surface area contributed by atoms with Gasteiger partial charge < -0.3 is 9.13 Å². The van der Waals surface area contributed by atoms with Gasteiger partial charge in [0.1, 0.15) is 0 Å². The monoisotopic (exact) mass is 674 g/mol. The maximum Gasteiger partial charge on any atom is 0.196 e. The average Bonchev–Trinajstić information content (AvgIpc) is 3.62. The number of nitrogens with zero attached hydrogens (tertiary/aromatic N) is 4. The Bertz CT molecular complexity index is 2730. The number of para-hydroxylation sites is 2. The van der Waals surface area contributed by atoms with Crippen LogP contribution >= 0.6 is 0 Å². The Kier molecular flexibility index (Phi) is 7.46. The largest absolute Gasteiger partial charge is 0.309 e. The molecule has 6 aromatic carbocycles. The average molecular weight is 675 g/mol. The lowest BCUT2D eigenvalue weighted by atomic mass is 9.85. The molecule has 4 heteroatoms. The van der Waals surface area contributed by atoms with Gasteiger partial charge in [0.05, 0.1) is 46.1 Å². The normalized spacial score (nSPS) is 12.2. The van der Waals surface area contributed by atoms with E-state index >= 15 is 0 Å². The smallest absolute Gasteiger partial charge is 0.196 e. The van der Waals surface area contributed by atoms with E-state index in [0.29, 0.717) is 16.8 Å². The predicted octanol–water partition coefficient (Wildman–Crippen LogP) is 13.2. The fraction of sp³-hybridized carbons (Fsp3) is 0.208. The lowest BCUT2D eigenvalue weighted by Gasteiger charge is -2.22. The zero-order valence-electron chi connectivity index (χ0n) is 31.2. The van der Waals surface area contributed by atoms with Crippen LogP contribution in [-0.2, 0) is 10.8 Å². The minimum absolute atomic E-state index is 0.0308. The van der Waals surface area contributed by atoms with Crippen LogP contribution in [0.5, 0.6) is 0 Å². The van der Waals surface area contributed by atoms with Crippen molar-refractivity contribution in [1.29, 1.82) is 5.26 Å². The van der Waals surface area contributed by atoms with Gasteiger partial charge in [0.25, 0.3) is 0 Å². The van der Waals surface area contributed by atoms with Crippen LogP contribution < -0.4 is 0 Å². The first-order chi connectivity index (χ1) is 24.8. The van der Waals surface area contributed by atoms with Crippen molar-refractivity contribution in [3.8, 4) is 28.6 Å². The molecule has 0 unspecified atom stereocenters. The Morgan fingerprint density at radius 1 is 0.577 bits per heavy atom. The Labute approximate surface area is 306 Å². The SMILES string of the molecule is [C-]#[N+]c1cccc(C#N)c1-c1c(-n2c3ccc(C(C)(C)C)cc3c3cc(C(C)(C)C)ccc32)ccc2c3ccccc3n(-c3c(C)cccc3C)c12. The quantitative estimate of drug-likeness (QED) is 0.172. The maximum absolute atomic E-state index is 10.7. The van der Waals surface area contributed by atoms with E-state index in [1.807, 2.05) is 18.2 Å². The van der Waals surface area contributed by atoms with E-state index < -0.39 is 0 Å². The van der Waals surface area contributed by atoms with Gasteiger partial charge in [-0.15, -0.1) is 0 Å². The van der Waals surface area contributed by atoms with Gasteiger partial charge in [-0.3, -0.25) is 0 Å². The summed E-state index contributed by atoms with van der Waals surface area (Å²) in [5.41, 5.74) is 13.5. The molecule has 0 amide bonds. The van der Waals surface area contributed by atoms with Crippen molar-refractivity contribution in [2.75, 3.05) is 0 Å². The maximum atomic E-state index is 10.7. The topological polar surface area (TPSA) is 38.0 Å². The van der Waals surface area contributed by atoms with Crippen molar-refractivity contribution >= 4 is 49.3 Å². The van der Waals surface area contributed by atoms with E-state index in [2.05, 4.69) is 166 Å². The number of hydrogen-bond acceptors (Lipinski definition) is 1.